The molecule has 17 heavy (non-hydrogen) atoms. The summed E-state index contributed by atoms with van der Waals surface area (Å²) in [6, 6.07) is 7.73. The fourth-order valence-corrected chi connectivity index (χ4v) is 2.19. The van der Waals surface area contributed by atoms with Gasteiger partial charge in [0, 0.05) is 11.6 Å². The van der Waals surface area contributed by atoms with Gasteiger partial charge in [-0.15, -0.1) is 0 Å². The highest BCUT2D eigenvalue weighted by Gasteiger charge is 2.19. The molecule has 0 radical (unpaired) electrons. The number of benzene rings is 1. The lowest BCUT2D eigenvalue weighted by molar-refractivity contribution is 0.101. The molecular weight excluding hydrogens is 214 g/mol. The van der Waals surface area contributed by atoms with Gasteiger partial charge in [-0.3, -0.25) is 4.79 Å². The number of Topliss-reactive ketones (excluding diaryl/α,β-unsaturated/α-hetero) is 1. The van der Waals surface area contributed by atoms with Crippen LogP contribution in [0.4, 0.5) is 0 Å². The van der Waals surface area contributed by atoms with Crippen LogP contribution in [0.1, 0.15) is 43.0 Å². The average molecular weight is 233 g/mol. The Balaban J connectivity index is 1.98. The first kappa shape index (κ1) is 12.1. The minimum Gasteiger partial charge on any atom is -0.490 e. The molecule has 3 heteroatoms. The molecule has 1 aromatic carbocycles. The van der Waals surface area contributed by atoms with E-state index in [2.05, 4.69) is 0 Å². The molecule has 1 fully saturated rings. The molecule has 0 atom stereocenters. The van der Waals surface area contributed by atoms with Gasteiger partial charge in [-0.1, -0.05) is 12.1 Å². The van der Waals surface area contributed by atoms with Crippen molar-refractivity contribution in [1.82, 2.24) is 0 Å². The summed E-state index contributed by atoms with van der Waals surface area (Å²) in [5.74, 6) is 0.860. The third-order valence-corrected chi connectivity index (χ3v) is 3.26. The van der Waals surface area contributed by atoms with E-state index in [0.29, 0.717) is 11.6 Å². The number of nitrogens with two attached hydrogens (primary N) is 1. The predicted octanol–water partition coefficient (Wildman–Crippen LogP) is 2.54. The summed E-state index contributed by atoms with van der Waals surface area (Å²) in [6.07, 6.45) is 4.31. The molecule has 0 aromatic heterocycles. The number of hydrogen-bond donors (Lipinski definition) is 1. The molecule has 0 unspecified atom stereocenters. The Morgan fingerprint density at radius 3 is 2.65 bits per heavy atom. The van der Waals surface area contributed by atoms with Crippen molar-refractivity contribution in [2.24, 2.45) is 5.73 Å². The number of ketones is 1. The van der Waals surface area contributed by atoms with E-state index < -0.39 is 0 Å². The Kier molecular flexibility index (Phi) is 3.79. The summed E-state index contributed by atoms with van der Waals surface area (Å²) in [6.45, 7) is 1.57. The lowest BCUT2D eigenvalue weighted by atomic mass is 9.94. The summed E-state index contributed by atoms with van der Waals surface area (Å²) >= 11 is 0. The highest BCUT2D eigenvalue weighted by Crippen LogP contribution is 2.23. The quantitative estimate of drug-likeness (QED) is 0.816. The van der Waals surface area contributed by atoms with E-state index in [1.165, 1.54) is 0 Å². The zero-order valence-corrected chi connectivity index (χ0v) is 10.2. The summed E-state index contributed by atoms with van der Waals surface area (Å²) < 4.78 is 5.89. The molecule has 0 spiro atoms. The van der Waals surface area contributed by atoms with Crippen molar-refractivity contribution in [3.8, 4) is 5.75 Å². The summed E-state index contributed by atoms with van der Waals surface area (Å²) in [5, 5.41) is 0. The summed E-state index contributed by atoms with van der Waals surface area (Å²) in [4.78, 5) is 11.3. The summed E-state index contributed by atoms with van der Waals surface area (Å²) in [5.41, 5.74) is 6.56. The maximum Gasteiger partial charge on any atom is 0.159 e. The molecule has 1 saturated carbocycles. The van der Waals surface area contributed by atoms with Crippen LogP contribution in [0.25, 0.3) is 0 Å². The first-order valence-corrected chi connectivity index (χ1v) is 6.18. The smallest absolute Gasteiger partial charge is 0.159 e. The van der Waals surface area contributed by atoms with E-state index in [-0.39, 0.29) is 11.9 Å². The summed E-state index contributed by atoms with van der Waals surface area (Å²) in [7, 11) is 0. The highest BCUT2D eigenvalue weighted by molar-refractivity contribution is 5.94. The molecular formula is C14H19NO2. The second kappa shape index (κ2) is 5.32. The van der Waals surface area contributed by atoms with Crippen molar-refractivity contribution in [3.05, 3.63) is 29.8 Å². The second-order valence-corrected chi connectivity index (χ2v) is 4.74. The van der Waals surface area contributed by atoms with Crippen molar-refractivity contribution < 1.29 is 9.53 Å². The van der Waals surface area contributed by atoms with Gasteiger partial charge in [0.15, 0.2) is 5.78 Å². The van der Waals surface area contributed by atoms with Crippen LogP contribution in [-0.4, -0.2) is 17.9 Å². The number of ether oxygens (including phenoxy) is 1. The van der Waals surface area contributed by atoms with Gasteiger partial charge >= 0.3 is 0 Å². The van der Waals surface area contributed by atoms with E-state index in [1.807, 2.05) is 24.3 Å². The Morgan fingerprint density at radius 2 is 2.00 bits per heavy atom. The fraction of sp³-hybridized carbons (Fsp3) is 0.500. The van der Waals surface area contributed by atoms with Gasteiger partial charge in [-0.2, -0.15) is 0 Å². The van der Waals surface area contributed by atoms with Crippen molar-refractivity contribution in [2.45, 2.75) is 44.8 Å². The zero-order chi connectivity index (χ0) is 12.3. The van der Waals surface area contributed by atoms with Crippen LogP contribution < -0.4 is 10.5 Å². The van der Waals surface area contributed by atoms with E-state index in [1.54, 1.807) is 6.92 Å². The van der Waals surface area contributed by atoms with E-state index in [0.717, 1.165) is 31.4 Å². The second-order valence-electron chi connectivity index (χ2n) is 4.74. The maximum atomic E-state index is 11.3. The number of rotatable bonds is 3. The molecule has 3 nitrogen and oxygen atoms in total. The predicted molar refractivity (Wildman–Crippen MR) is 67.3 cm³/mol. The highest BCUT2D eigenvalue weighted by atomic mass is 16.5. The largest absolute Gasteiger partial charge is 0.490 e. The molecule has 2 rings (SSSR count). The minimum atomic E-state index is 0.0705. The van der Waals surface area contributed by atoms with Crippen molar-refractivity contribution in [1.29, 1.82) is 0 Å². The van der Waals surface area contributed by atoms with Gasteiger partial charge in [0.1, 0.15) is 5.75 Å². The van der Waals surface area contributed by atoms with Gasteiger partial charge in [0.2, 0.25) is 0 Å². The first-order chi connectivity index (χ1) is 8.15. The lowest BCUT2D eigenvalue weighted by Gasteiger charge is -2.26. The van der Waals surface area contributed by atoms with Crippen molar-refractivity contribution in [2.75, 3.05) is 0 Å². The van der Waals surface area contributed by atoms with Gasteiger partial charge < -0.3 is 10.5 Å². The molecule has 0 saturated heterocycles. The van der Waals surface area contributed by atoms with Crippen LogP contribution in [0.2, 0.25) is 0 Å². The van der Waals surface area contributed by atoms with Crippen LogP contribution in [0, 0.1) is 0 Å². The standard InChI is InChI=1S/C14H19NO2/c1-10(16)11-3-2-4-14(9-11)17-13-7-5-12(15)6-8-13/h2-4,9,12-13H,5-8,15H2,1H3. The Hall–Kier alpha value is -1.35. The Morgan fingerprint density at radius 1 is 1.29 bits per heavy atom. The third kappa shape index (κ3) is 3.30. The molecule has 1 aliphatic carbocycles. The topological polar surface area (TPSA) is 52.3 Å². The van der Waals surface area contributed by atoms with Gasteiger partial charge in [-0.25, -0.2) is 0 Å². The Labute approximate surface area is 102 Å². The molecule has 92 valence electrons. The lowest BCUT2D eigenvalue weighted by Crippen LogP contribution is -2.31. The molecule has 0 amide bonds. The van der Waals surface area contributed by atoms with Crippen LogP contribution in [0.3, 0.4) is 0 Å². The van der Waals surface area contributed by atoms with E-state index in [9.17, 15) is 4.79 Å². The maximum absolute atomic E-state index is 11.3. The molecule has 1 aliphatic rings. The van der Waals surface area contributed by atoms with Crippen LogP contribution >= 0.6 is 0 Å². The zero-order valence-electron chi connectivity index (χ0n) is 10.2. The van der Waals surface area contributed by atoms with Crippen LogP contribution in [0.5, 0.6) is 5.75 Å². The van der Waals surface area contributed by atoms with Gasteiger partial charge in [0.05, 0.1) is 6.10 Å². The molecule has 2 N–H and O–H groups in total. The first-order valence-electron chi connectivity index (χ1n) is 6.18. The molecule has 0 aliphatic heterocycles. The van der Waals surface area contributed by atoms with Crippen LogP contribution in [-0.2, 0) is 0 Å². The third-order valence-electron chi connectivity index (χ3n) is 3.26. The van der Waals surface area contributed by atoms with Gasteiger partial charge in [-0.05, 0) is 44.7 Å². The minimum absolute atomic E-state index is 0.0705. The van der Waals surface area contributed by atoms with Gasteiger partial charge in [0.25, 0.3) is 0 Å². The van der Waals surface area contributed by atoms with Crippen molar-refractivity contribution >= 4 is 5.78 Å². The average Bonchev–Trinajstić information content (AvgIpc) is 2.32. The molecule has 1 aromatic rings. The monoisotopic (exact) mass is 233 g/mol. The fourth-order valence-electron chi connectivity index (χ4n) is 2.19. The van der Waals surface area contributed by atoms with Crippen molar-refractivity contribution in [3.63, 3.8) is 0 Å². The number of hydrogen-bond acceptors (Lipinski definition) is 3. The molecule has 0 bridgehead atoms. The van der Waals surface area contributed by atoms with E-state index >= 15 is 0 Å². The van der Waals surface area contributed by atoms with E-state index in [4.69, 9.17) is 10.5 Å². The number of carbonyl (C=O) groups excluding carboxylic acids is 1. The van der Waals surface area contributed by atoms with Crippen LogP contribution in [0.15, 0.2) is 24.3 Å². The Bertz CT molecular complexity index is 395. The number of carbonyl (C=O) groups is 1. The normalized spacial score (nSPS) is 24.4. The molecule has 0 heterocycles. The SMILES string of the molecule is CC(=O)c1cccc(OC2CCC(N)CC2)c1.